The first-order valence-electron chi connectivity index (χ1n) is 7.75. The highest BCUT2D eigenvalue weighted by Gasteiger charge is 2.37. The molecular formula is C16H21N4O2. The topological polar surface area (TPSA) is 79.5 Å². The second kappa shape index (κ2) is 6.34. The van der Waals surface area contributed by atoms with Crippen LogP contribution in [0.3, 0.4) is 0 Å². The van der Waals surface area contributed by atoms with E-state index in [1.165, 1.54) is 0 Å². The van der Waals surface area contributed by atoms with Gasteiger partial charge in [0.1, 0.15) is 6.04 Å². The average molecular weight is 301 g/mol. The van der Waals surface area contributed by atoms with E-state index < -0.39 is 11.9 Å². The second-order valence-corrected chi connectivity index (χ2v) is 5.87. The monoisotopic (exact) mass is 301 g/mol. The number of primary amides is 1. The van der Waals surface area contributed by atoms with Gasteiger partial charge >= 0.3 is 0 Å². The normalized spacial score (nSPS) is 22.8. The summed E-state index contributed by atoms with van der Waals surface area (Å²) in [6, 6.07) is 3.45. The molecule has 2 N–H and O–H groups in total. The van der Waals surface area contributed by atoms with Gasteiger partial charge in [0.15, 0.2) is 0 Å². The number of hydrogen-bond acceptors (Lipinski definition) is 4. The van der Waals surface area contributed by atoms with Gasteiger partial charge in [0.05, 0.1) is 0 Å². The predicted molar refractivity (Wildman–Crippen MR) is 82.8 cm³/mol. The van der Waals surface area contributed by atoms with Gasteiger partial charge in [-0.1, -0.05) is 0 Å². The van der Waals surface area contributed by atoms with Crippen LogP contribution in [-0.2, 0) is 9.59 Å². The molecule has 2 fully saturated rings. The number of rotatable bonds is 3. The Kier molecular flexibility index (Phi) is 4.27. The van der Waals surface area contributed by atoms with E-state index in [1.54, 1.807) is 17.3 Å². The molecule has 0 aliphatic carbocycles. The number of anilines is 1. The van der Waals surface area contributed by atoms with Crippen LogP contribution in [0.15, 0.2) is 24.5 Å². The molecule has 1 radical (unpaired) electrons. The third kappa shape index (κ3) is 2.91. The lowest BCUT2D eigenvalue weighted by atomic mass is 9.94. The van der Waals surface area contributed by atoms with Gasteiger partial charge in [0.25, 0.3) is 0 Å². The van der Waals surface area contributed by atoms with E-state index in [0.29, 0.717) is 6.54 Å². The van der Waals surface area contributed by atoms with Crippen LogP contribution in [0.4, 0.5) is 5.69 Å². The molecule has 6 heteroatoms. The molecule has 0 saturated carbocycles. The van der Waals surface area contributed by atoms with Crippen molar-refractivity contribution in [1.29, 1.82) is 0 Å². The van der Waals surface area contributed by atoms with Crippen molar-refractivity contribution in [3.63, 3.8) is 0 Å². The Bertz CT molecular complexity index is 540. The molecule has 6 nitrogen and oxygen atoms in total. The van der Waals surface area contributed by atoms with Gasteiger partial charge in [0.2, 0.25) is 11.8 Å². The summed E-state index contributed by atoms with van der Waals surface area (Å²) in [6.07, 6.45) is 7.77. The third-order valence-corrected chi connectivity index (χ3v) is 4.54. The van der Waals surface area contributed by atoms with E-state index in [9.17, 15) is 9.59 Å². The van der Waals surface area contributed by atoms with Gasteiger partial charge in [-0.3, -0.25) is 14.6 Å². The fourth-order valence-corrected chi connectivity index (χ4v) is 3.33. The first-order valence-corrected chi connectivity index (χ1v) is 7.75. The summed E-state index contributed by atoms with van der Waals surface area (Å²) >= 11 is 0. The zero-order chi connectivity index (χ0) is 15.5. The molecule has 3 heterocycles. The smallest absolute Gasteiger partial charge is 0.240 e. The van der Waals surface area contributed by atoms with Crippen LogP contribution in [0.2, 0.25) is 0 Å². The van der Waals surface area contributed by atoms with Gasteiger partial charge in [-0.2, -0.15) is 0 Å². The maximum Gasteiger partial charge on any atom is 0.240 e. The van der Waals surface area contributed by atoms with Crippen LogP contribution >= 0.6 is 0 Å². The summed E-state index contributed by atoms with van der Waals surface area (Å²) < 4.78 is 0. The first-order chi connectivity index (χ1) is 10.7. The van der Waals surface area contributed by atoms with Crippen LogP contribution in [0.1, 0.15) is 19.3 Å². The van der Waals surface area contributed by atoms with Crippen molar-refractivity contribution < 1.29 is 9.59 Å². The Balaban J connectivity index is 1.59. The number of hydrogen-bond donors (Lipinski definition) is 1. The molecule has 2 aliphatic heterocycles. The molecule has 1 aromatic rings. The van der Waals surface area contributed by atoms with Crippen molar-refractivity contribution in [2.24, 2.45) is 11.7 Å². The molecule has 1 aromatic heterocycles. The Morgan fingerprint density at radius 3 is 2.45 bits per heavy atom. The summed E-state index contributed by atoms with van der Waals surface area (Å²) in [5.41, 5.74) is 6.52. The van der Waals surface area contributed by atoms with Crippen LogP contribution in [0.5, 0.6) is 0 Å². The van der Waals surface area contributed by atoms with Crippen molar-refractivity contribution in [3.05, 3.63) is 30.9 Å². The zero-order valence-electron chi connectivity index (χ0n) is 12.5. The summed E-state index contributed by atoms with van der Waals surface area (Å²) in [7, 11) is 0. The molecule has 0 spiro atoms. The van der Waals surface area contributed by atoms with Gasteiger partial charge < -0.3 is 15.5 Å². The minimum atomic E-state index is -0.522. The van der Waals surface area contributed by atoms with Gasteiger partial charge in [-0.05, 0) is 37.8 Å². The number of likely N-dealkylation sites (tertiary alicyclic amines) is 1. The number of carbonyl (C=O) groups excluding carboxylic acids is 2. The van der Waals surface area contributed by atoms with Crippen LogP contribution in [-0.4, -0.2) is 47.4 Å². The summed E-state index contributed by atoms with van der Waals surface area (Å²) in [6.45, 7) is 2.30. The Morgan fingerprint density at radius 1 is 1.14 bits per heavy atom. The molecule has 2 aliphatic rings. The molecule has 1 unspecified atom stereocenters. The molecular weight excluding hydrogens is 280 g/mol. The standard InChI is InChI=1S/C16H21N4O2/c17-15(21)14-2-1-9-20(14)16(22)12-5-10-19(11-6-12)13-3-7-18-8-4-13/h2-4,7-8,12,14H,1,5-6,9-11H2,(H2,17,21). The first kappa shape index (κ1) is 14.8. The minimum absolute atomic E-state index is 0.00793. The maximum atomic E-state index is 12.6. The summed E-state index contributed by atoms with van der Waals surface area (Å²) in [5, 5.41) is 0. The second-order valence-electron chi connectivity index (χ2n) is 5.87. The van der Waals surface area contributed by atoms with Crippen molar-refractivity contribution >= 4 is 17.5 Å². The van der Waals surface area contributed by atoms with Crippen molar-refractivity contribution in [2.45, 2.75) is 25.3 Å². The van der Waals surface area contributed by atoms with E-state index >= 15 is 0 Å². The van der Waals surface area contributed by atoms with E-state index in [2.05, 4.69) is 9.88 Å². The Morgan fingerprint density at radius 2 is 1.82 bits per heavy atom. The van der Waals surface area contributed by atoms with Crippen LogP contribution in [0, 0.1) is 12.3 Å². The molecule has 1 atom stereocenters. The minimum Gasteiger partial charge on any atom is -0.371 e. The van der Waals surface area contributed by atoms with Crippen molar-refractivity contribution in [3.8, 4) is 0 Å². The lowest BCUT2D eigenvalue weighted by Crippen LogP contribution is -2.48. The number of nitrogens with two attached hydrogens (primary N) is 1. The highest BCUT2D eigenvalue weighted by atomic mass is 16.2. The van der Waals surface area contributed by atoms with E-state index in [1.807, 2.05) is 18.6 Å². The predicted octanol–water partition coefficient (Wildman–Crippen LogP) is 0.588. The van der Waals surface area contributed by atoms with Gasteiger partial charge in [-0.15, -0.1) is 0 Å². The van der Waals surface area contributed by atoms with Crippen LogP contribution < -0.4 is 10.6 Å². The third-order valence-electron chi connectivity index (χ3n) is 4.54. The number of piperidine rings is 1. The summed E-state index contributed by atoms with van der Waals surface area (Å²) in [5.74, 6) is -0.363. The Hall–Kier alpha value is -2.11. The maximum absolute atomic E-state index is 12.6. The van der Waals surface area contributed by atoms with E-state index in [-0.39, 0.29) is 11.8 Å². The molecule has 22 heavy (non-hydrogen) atoms. The van der Waals surface area contributed by atoms with Crippen LogP contribution in [0.25, 0.3) is 0 Å². The fourth-order valence-electron chi connectivity index (χ4n) is 3.33. The fraction of sp³-hybridized carbons (Fsp3) is 0.500. The molecule has 0 bridgehead atoms. The molecule has 2 amide bonds. The number of carbonyl (C=O) groups is 2. The molecule has 0 aromatic carbocycles. The van der Waals surface area contributed by atoms with Crippen molar-refractivity contribution in [1.82, 2.24) is 9.88 Å². The largest absolute Gasteiger partial charge is 0.371 e. The van der Waals surface area contributed by atoms with Crippen molar-refractivity contribution in [2.75, 3.05) is 24.5 Å². The Labute approximate surface area is 130 Å². The lowest BCUT2D eigenvalue weighted by molar-refractivity contribution is -0.140. The highest BCUT2D eigenvalue weighted by molar-refractivity contribution is 5.89. The molecule has 117 valence electrons. The number of aromatic nitrogens is 1. The van der Waals surface area contributed by atoms with Gasteiger partial charge in [-0.25, -0.2) is 0 Å². The molecule has 2 saturated heterocycles. The lowest BCUT2D eigenvalue weighted by Gasteiger charge is -2.35. The number of pyridine rings is 1. The molecule has 3 rings (SSSR count). The summed E-state index contributed by atoms with van der Waals surface area (Å²) in [4.78, 5) is 32.0. The zero-order valence-corrected chi connectivity index (χ0v) is 12.5. The SMILES string of the molecule is NC(=O)C1[CH]CCN1C(=O)C1CCN(c2ccncc2)CC1. The van der Waals surface area contributed by atoms with Gasteiger partial charge in [0, 0.05) is 43.6 Å². The highest BCUT2D eigenvalue weighted by Crippen LogP contribution is 2.27. The quantitative estimate of drug-likeness (QED) is 0.886. The average Bonchev–Trinajstić information content (AvgIpc) is 3.05. The van der Waals surface area contributed by atoms with E-state index in [4.69, 9.17) is 5.73 Å². The number of nitrogens with zero attached hydrogens (tertiary/aromatic N) is 3. The number of amides is 2. The van der Waals surface area contributed by atoms with E-state index in [0.717, 1.165) is 38.0 Å².